The van der Waals surface area contributed by atoms with Crippen molar-refractivity contribution in [3.05, 3.63) is 65.7 Å². The first-order valence-corrected chi connectivity index (χ1v) is 11.2. The summed E-state index contributed by atoms with van der Waals surface area (Å²) in [6.07, 6.45) is -1.56. The maximum absolute atomic E-state index is 13.3. The van der Waals surface area contributed by atoms with Gasteiger partial charge in [0.1, 0.15) is 0 Å². The molecular formula is C25H28F3N3O2. The highest BCUT2D eigenvalue weighted by atomic mass is 19.4. The number of nitrogens with one attached hydrogen (secondary N) is 1. The molecule has 0 radical (unpaired) electrons. The lowest BCUT2D eigenvalue weighted by Gasteiger charge is -2.33. The van der Waals surface area contributed by atoms with E-state index < -0.39 is 17.8 Å². The van der Waals surface area contributed by atoms with Crippen molar-refractivity contribution in [1.82, 2.24) is 4.90 Å². The van der Waals surface area contributed by atoms with Crippen molar-refractivity contribution in [3.8, 4) is 0 Å². The SMILES string of the molecule is CC(C(=O)Nc1cc(C(F)(F)F)ccc1N1CCOCC1)N1CC=C(c2ccccc2)CC1. The van der Waals surface area contributed by atoms with Crippen LogP contribution in [0.15, 0.2) is 54.6 Å². The Morgan fingerprint density at radius 3 is 2.42 bits per heavy atom. The summed E-state index contributed by atoms with van der Waals surface area (Å²) in [5.41, 5.74) is 2.40. The Balaban J connectivity index is 1.49. The van der Waals surface area contributed by atoms with Crippen LogP contribution in [-0.2, 0) is 15.7 Å². The van der Waals surface area contributed by atoms with Crippen molar-refractivity contribution >= 4 is 22.9 Å². The molecule has 1 amide bonds. The maximum atomic E-state index is 13.3. The second-order valence-electron chi connectivity index (χ2n) is 8.33. The molecule has 0 spiro atoms. The third-order valence-corrected chi connectivity index (χ3v) is 6.25. The Kier molecular flexibility index (Phi) is 7.05. The van der Waals surface area contributed by atoms with Gasteiger partial charge >= 0.3 is 6.18 Å². The van der Waals surface area contributed by atoms with Crippen LogP contribution in [0.3, 0.4) is 0 Å². The van der Waals surface area contributed by atoms with E-state index in [9.17, 15) is 18.0 Å². The highest BCUT2D eigenvalue weighted by Gasteiger charge is 2.32. The Hall–Kier alpha value is -2.84. The van der Waals surface area contributed by atoms with Crippen molar-refractivity contribution in [2.75, 3.05) is 49.6 Å². The van der Waals surface area contributed by atoms with Crippen LogP contribution in [0, 0.1) is 0 Å². The van der Waals surface area contributed by atoms with E-state index in [4.69, 9.17) is 4.74 Å². The molecule has 5 nitrogen and oxygen atoms in total. The topological polar surface area (TPSA) is 44.8 Å². The minimum absolute atomic E-state index is 0.182. The fraction of sp³-hybridized carbons (Fsp3) is 0.400. The van der Waals surface area contributed by atoms with Gasteiger partial charge in [0, 0.05) is 26.2 Å². The Labute approximate surface area is 191 Å². The first kappa shape index (κ1) is 23.3. The zero-order valence-corrected chi connectivity index (χ0v) is 18.6. The minimum atomic E-state index is -4.49. The molecule has 33 heavy (non-hydrogen) atoms. The predicted octanol–water partition coefficient (Wildman–Crippen LogP) is 4.66. The summed E-state index contributed by atoms with van der Waals surface area (Å²) in [7, 11) is 0. The van der Waals surface area contributed by atoms with Crippen LogP contribution in [0.5, 0.6) is 0 Å². The Morgan fingerprint density at radius 2 is 1.79 bits per heavy atom. The molecule has 0 bridgehead atoms. The van der Waals surface area contributed by atoms with Crippen LogP contribution in [0.2, 0.25) is 0 Å². The van der Waals surface area contributed by atoms with E-state index in [0.717, 1.165) is 18.6 Å². The Bertz CT molecular complexity index is 1000. The zero-order valence-electron chi connectivity index (χ0n) is 18.6. The molecule has 2 aromatic carbocycles. The molecule has 2 aromatic rings. The minimum Gasteiger partial charge on any atom is -0.378 e. The lowest BCUT2D eigenvalue weighted by molar-refractivity contribution is -0.137. The van der Waals surface area contributed by atoms with Crippen LogP contribution >= 0.6 is 0 Å². The van der Waals surface area contributed by atoms with Crippen molar-refractivity contribution in [2.24, 2.45) is 0 Å². The number of alkyl halides is 3. The van der Waals surface area contributed by atoms with Crippen molar-refractivity contribution in [2.45, 2.75) is 25.6 Å². The summed E-state index contributed by atoms with van der Waals surface area (Å²) in [6.45, 7) is 5.21. The van der Waals surface area contributed by atoms with Gasteiger partial charge in [-0.25, -0.2) is 0 Å². The number of hydrogen-bond donors (Lipinski definition) is 1. The summed E-state index contributed by atoms with van der Waals surface area (Å²) >= 11 is 0. The van der Waals surface area contributed by atoms with Gasteiger partial charge in [0.25, 0.3) is 0 Å². The quantitative estimate of drug-likeness (QED) is 0.707. The smallest absolute Gasteiger partial charge is 0.378 e. The third kappa shape index (κ3) is 5.57. The van der Waals surface area contributed by atoms with E-state index in [1.54, 1.807) is 6.92 Å². The number of carbonyl (C=O) groups is 1. The summed E-state index contributed by atoms with van der Waals surface area (Å²) < 4.78 is 45.4. The normalized spacial score (nSPS) is 18.5. The van der Waals surface area contributed by atoms with Crippen LogP contribution in [-0.4, -0.2) is 56.2 Å². The van der Waals surface area contributed by atoms with E-state index in [1.165, 1.54) is 17.2 Å². The highest BCUT2D eigenvalue weighted by molar-refractivity contribution is 5.97. The van der Waals surface area contributed by atoms with Gasteiger partial charge in [-0.3, -0.25) is 9.69 Å². The molecule has 0 saturated carbocycles. The van der Waals surface area contributed by atoms with Crippen molar-refractivity contribution in [3.63, 3.8) is 0 Å². The molecule has 2 aliphatic rings. The molecule has 0 aliphatic carbocycles. The molecule has 1 saturated heterocycles. The molecule has 2 aliphatic heterocycles. The van der Waals surface area contributed by atoms with Gasteiger partial charge in [-0.1, -0.05) is 36.4 Å². The highest BCUT2D eigenvalue weighted by Crippen LogP contribution is 2.36. The molecule has 0 aromatic heterocycles. The van der Waals surface area contributed by atoms with Gasteiger partial charge in [0.15, 0.2) is 0 Å². The summed E-state index contributed by atoms with van der Waals surface area (Å²) in [4.78, 5) is 17.0. The standard InChI is InChI=1S/C25H28F3N3O2/c1-18(30-11-9-20(10-12-30)19-5-3-2-4-6-19)24(32)29-22-17-21(25(26,27)28)7-8-23(22)31-13-15-33-16-14-31/h2-9,17-18H,10-16H2,1H3,(H,29,32). The number of carbonyl (C=O) groups excluding carboxylic acids is 1. The fourth-order valence-corrected chi connectivity index (χ4v) is 4.25. The van der Waals surface area contributed by atoms with Crippen LogP contribution < -0.4 is 10.2 Å². The number of rotatable bonds is 5. The lowest BCUT2D eigenvalue weighted by Crippen LogP contribution is -2.44. The number of amides is 1. The number of hydrogen-bond acceptors (Lipinski definition) is 4. The van der Waals surface area contributed by atoms with Crippen LogP contribution in [0.25, 0.3) is 5.57 Å². The molecule has 2 heterocycles. The van der Waals surface area contributed by atoms with Crippen molar-refractivity contribution < 1.29 is 22.7 Å². The van der Waals surface area contributed by atoms with E-state index in [0.29, 0.717) is 45.1 Å². The maximum Gasteiger partial charge on any atom is 0.416 e. The molecule has 4 rings (SSSR count). The number of anilines is 2. The van der Waals surface area contributed by atoms with Gasteiger partial charge in [-0.2, -0.15) is 13.2 Å². The summed E-state index contributed by atoms with van der Waals surface area (Å²) in [5, 5.41) is 2.78. The van der Waals surface area contributed by atoms with Crippen LogP contribution in [0.1, 0.15) is 24.5 Å². The Morgan fingerprint density at radius 1 is 1.06 bits per heavy atom. The van der Waals surface area contributed by atoms with Crippen molar-refractivity contribution in [1.29, 1.82) is 0 Å². The first-order chi connectivity index (χ1) is 15.8. The number of nitrogens with zero attached hydrogens (tertiary/aromatic N) is 2. The van der Waals surface area contributed by atoms with Gasteiger partial charge in [0.05, 0.1) is 36.2 Å². The number of morpholine rings is 1. The average Bonchev–Trinajstić information content (AvgIpc) is 2.84. The van der Waals surface area contributed by atoms with Crippen LogP contribution in [0.4, 0.5) is 24.5 Å². The molecular weight excluding hydrogens is 431 g/mol. The third-order valence-electron chi connectivity index (χ3n) is 6.25. The summed E-state index contributed by atoms with van der Waals surface area (Å²) in [6, 6.07) is 13.2. The zero-order chi connectivity index (χ0) is 23.4. The van der Waals surface area contributed by atoms with E-state index >= 15 is 0 Å². The average molecular weight is 460 g/mol. The number of benzene rings is 2. The largest absolute Gasteiger partial charge is 0.416 e. The van der Waals surface area contributed by atoms with E-state index in [-0.39, 0.29) is 11.6 Å². The lowest BCUT2D eigenvalue weighted by atomic mass is 9.99. The molecule has 1 atom stereocenters. The summed E-state index contributed by atoms with van der Waals surface area (Å²) in [5.74, 6) is -0.319. The fourth-order valence-electron chi connectivity index (χ4n) is 4.25. The second kappa shape index (κ2) is 9.97. The first-order valence-electron chi connectivity index (χ1n) is 11.2. The molecule has 1 fully saturated rings. The number of ether oxygens (including phenoxy) is 1. The van der Waals surface area contributed by atoms with E-state index in [2.05, 4.69) is 23.5 Å². The monoisotopic (exact) mass is 459 g/mol. The molecule has 8 heteroatoms. The van der Waals surface area contributed by atoms with Gasteiger partial charge in [0.2, 0.25) is 5.91 Å². The predicted molar refractivity (Wildman–Crippen MR) is 123 cm³/mol. The molecule has 176 valence electrons. The van der Waals surface area contributed by atoms with Gasteiger partial charge < -0.3 is 15.0 Å². The molecule has 1 unspecified atom stereocenters. The van der Waals surface area contributed by atoms with E-state index in [1.807, 2.05) is 28.0 Å². The van der Waals surface area contributed by atoms with Gasteiger partial charge in [-0.15, -0.1) is 0 Å². The van der Waals surface area contributed by atoms with Gasteiger partial charge in [-0.05, 0) is 42.7 Å². The second-order valence-corrected chi connectivity index (χ2v) is 8.33. The number of halogens is 3. The molecule has 1 N–H and O–H groups in total.